The van der Waals surface area contributed by atoms with Gasteiger partial charge in [0, 0.05) is 16.2 Å². The van der Waals surface area contributed by atoms with E-state index in [0.717, 1.165) is 10.3 Å². The maximum Gasteiger partial charge on any atom is 0.146 e. The van der Waals surface area contributed by atoms with Gasteiger partial charge < -0.3 is 5.32 Å². The van der Waals surface area contributed by atoms with Gasteiger partial charge in [0.2, 0.25) is 0 Å². The van der Waals surface area contributed by atoms with Crippen LogP contribution in [0.3, 0.4) is 0 Å². The van der Waals surface area contributed by atoms with Gasteiger partial charge in [0.25, 0.3) is 0 Å². The normalized spacial score (nSPS) is 11.1. The minimum atomic E-state index is 0.325. The maximum atomic E-state index is 4.31. The average molecular weight is 323 g/mol. The first kappa shape index (κ1) is 14.1. The van der Waals surface area contributed by atoms with Crippen molar-refractivity contribution in [3.05, 3.63) is 39.9 Å². The number of nitrogens with one attached hydrogen (secondary N) is 1. The van der Waals surface area contributed by atoms with Crippen LogP contribution in [-0.2, 0) is 6.54 Å². The van der Waals surface area contributed by atoms with Gasteiger partial charge in [0.05, 0.1) is 6.54 Å². The second-order valence-electron chi connectivity index (χ2n) is 4.98. The smallest absolute Gasteiger partial charge is 0.146 e. The van der Waals surface area contributed by atoms with Crippen LogP contribution >= 0.6 is 15.9 Å². The molecule has 0 saturated carbocycles. The first-order chi connectivity index (χ1) is 8.99. The Morgan fingerprint density at radius 2 is 1.89 bits per heavy atom. The van der Waals surface area contributed by atoms with E-state index < -0.39 is 0 Å². The van der Waals surface area contributed by atoms with Crippen LogP contribution in [0.4, 0.5) is 5.69 Å². The molecule has 1 aromatic carbocycles. The molecule has 2 rings (SSSR count). The molecule has 0 aliphatic carbocycles. The van der Waals surface area contributed by atoms with Crippen LogP contribution in [0.2, 0.25) is 0 Å². The lowest BCUT2D eigenvalue weighted by Gasteiger charge is -2.14. The van der Waals surface area contributed by atoms with Crippen molar-refractivity contribution in [2.75, 3.05) is 5.32 Å². The summed E-state index contributed by atoms with van der Waals surface area (Å²) in [6.07, 6.45) is 1.61. The van der Waals surface area contributed by atoms with E-state index in [2.05, 4.69) is 71.2 Å². The van der Waals surface area contributed by atoms with E-state index in [0.29, 0.717) is 12.6 Å². The summed E-state index contributed by atoms with van der Waals surface area (Å²) in [4.78, 5) is 4.31. The van der Waals surface area contributed by atoms with Gasteiger partial charge in [-0.1, -0.05) is 15.9 Å². The molecule has 0 aliphatic heterocycles. The van der Waals surface area contributed by atoms with E-state index in [1.165, 1.54) is 16.8 Å². The Balaban J connectivity index is 2.17. The van der Waals surface area contributed by atoms with E-state index in [-0.39, 0.29) is 0 Å². The zero-order valence-corrected chi connectivity index (χ0v) is 13.3. The number of rotatable bonds is 4. The fraction of sp³-hybridized carbons (Fsp3) is 0.429. The number of halogens is 1. The zero-order chi connectivity index (χ0) is 14.0. The molecular weight excluding hydrogens is 304 g/mol. The Morgan fingerprint density at radius 3 is 2.47 bits per heavy atom. The van der Waals surface area contributed by atoms with Crippen molar-refractivity contribution in [1.82, 2.24) is 14.8 Å². The lowest BCUT2D eigenvalue weighted by molar-refractivity contribution is 0.509. The van der Waals surface area contributed by atoms with E-state index in [4.69, 9.17) is 0 Å². The summed E-state index contributed by atoms with van der Waals surface area (Å²) in [6.45, 7) is 9.10. The Hall–Kier alpha value is -1.36. The summed E-state index contributed by atoms with van der Waals surface area (Å²) in [6, 6.07) is 4.55. The van der Waals surface area contributed by atoms with Gasteiger partial charge in [0.1, 0.15) is 12.2 Å². The van der Waals surface area contributed by atoms with Crippen LogP contribution in [-0.4, -0.2) is 14.8 Å². The number of aromatic nitrogens is 3. The van der Waals surface area contributed by atoms with E-state index >= 15 is 0 Å². The molecule has 102 valence electrons. The number of benzene rings is 1. The third-order valence-electron chi connectivity index (χ3n) is 3.06. The van der Waals surface area contributed by atoms with Crippen molar-refractivity contribution in [1.29, 1.82) is 0 Å². The molecule has 1 heterocycles. The maximum absolute atomic E-state index is 4.31. The topological polar surface area (TPSA) is 42.7 Å². The standard InChI is InChI=1S/C14H19BrN4/c1-9(2)19-13(17-8-18-19)7-16-14-10(3)5-12(15)6-11(14)4/h5-6,8-9,16H,7H2,1-4H3. The van der Waals surface area contributed by atoms with Gasteiger partial charge in [-0.15, -0.1) is 0 Å². The fourth-order valence-electron chi connectivity index (χ4n) is 2.19. The molecule has 0 unspecified atom stereocenters. The van der Waals surface area contributed by atoms with Gasteiger partial charge in [-0.05, 0) is 51.0 Å². The van der Waals surface area contributed by atoms with Crippen molar-refractivity contribution in [3.8, 4) is 0 Å². The second kappa shape index (κ2) is 5.74. The number of hydrogen-bond donors (Lipinski definition) is 1. The molecule has 0 saturated heterocycles. The van der Waals surface area contributed by atoms with Gasteiger partial charge in [-0.2, -0.15) is 5.10 Å². The van der Waals surface area contributed by atoms with Crippen molar-refractivity contribution < 1.29 is 0 Å². The van der Waals surface area contributed by atoms with Crippen LogP contribution in [0.25, 0.3) is 0 Å². The van der Waals surface area contributed by atoms with E-state index in [9.17, 15) is 0 Å². The van der Waals surface area contributed by atoms with Crippen molar-refractivity contribution in [2.45, 2.75) is 40.3 Å². The largest absolute Gasteiger partial charge is 0.377 e. The second-order valence-corrected chi connectivity index (χ2v) is 5.90. The Labute approximate surface area is 122 Å². The summed E-state index contributed by atoms with van der Waals surface area (Å²) < 4.78 is 3.05. The molecule has 1 aromatic heterocycles. The first-order valence-electron chi connectivity index (χ1n) is 6.38. The molecule has 0 radical (unpaired) electrons. The van der Waals surface area contributed by atoms with Crippen LogP contribution in [0.1, 0.15) is 36.8 Å². The molecule has 0 amide bonds. The van der Waals surface area contributed by atoms with E-state index in [1.807, 2.05) is 4.68 Å². The van der Waals surface area contributed by atoms with Crippen molar-refractivity contribution in [3.63, 3.8) is 0 Å². The fourth-order valence-corrected chi connectivity index (χ4v) is 2.88. The number of anilines is 1. The minimum absolute atomic E-state index is 0.325. The minimum Gasteiger partial charge on any atom is -0.377 e. The van der Waals surface area contributed by atoms with Gasteiger partial charge in [-0.3, -0.25) is 0 Å². The van der Waals surface area contributed by atoms with Gasteiger partial charge in [0.15, 0.2) is 0 Å². The van der Waals surface area contributed by atoms with Crippen LogP contribution in [0.15, 0.2) is 22.9 Å². The third-order valence-corrected chi connectivity index (χ3v) is 3.51. The molecule has 0 bridgehead atoms. The highest BCUT2D eigenvalue weighted by atomic mass is 79.9. The molecule has 0 fully saturated rings. The van der Waals surface area contributed by atoms with Crippen LogP contribution < -0.4 is 5.32 Å². The van der Waals surface area contributed by atoms with Crippen molar-refractivity contribution in [2.24, 2.45) is 0 Å². The predicted octanol–water partition coefficient (Wildman–Crippen LogP) is 3.85. The van der Waals surface area contributed by atoms with Gasteiger partial charge >= 0.3 is 0 Å². The highest BCUT2D eigenvalue weighted by Crippen LogP contribution is 2.25. The Kier molecular flexibility index (Phi) is 4.24. The van der Waals surface area contributed by atoms with Gasteiger partial charge in [-0.25, -0.2) is 9.67 Å². The summed E-state index contributed by atoms with van der Waals surface area (Å²) >= 11 is 3.51. The lowest BCUT2D eigenvalue weighted by atomic mass is 10.1. The number of nitrogens with zero attached hydrogens (tertiary/aromatic N) is 3. The summed E-state index contributed by atoms with van der Waals surface area (Å²) in [5.41, 5.74) is 3.62. The monoisotopic (exact) mass is 322 g/mol. The van der Waals surface area contributed by atoms with E-state index in [1.54, 1.807) is 6.33 Å². The predicted molar refractivity (Wildman–Crippen MR) is 81.3 cm³/mol. The lowest BCUT2D eigenvalue weighted by Crippen LogP contribution is -2.12. The molecule has 0 atom stereocenters. The number of hydrogen-bond acceptors (Lipinski definition) is 3. The highest BCUT2D eigenvalue weighted by Gasteiger charge is 2.09. The molecule has 5 heteroatoms. The molecular formula is C14H19BrN4. The van der Waals surface area contributed by atoms with Crippen molar-refractivity contribution >= 4 is 21.6 Å². The Bertz CT molecular complexity index is 552. The molecule has 19 heavy (non-hydrogen) atoms. The summed E-state index contributed by atoms with van der Waals surface area (Å²) in [5.74, 6) is 0.955. The average Bonchev–Trinajstić information content (AvgIpc) is 2.75. The first-order valence-corrected chi connectivity index (χ1v) is 7.17. The third kappa shape index (κ3) is 3.15. The quantitative estimate of drug-likeness (QED) is 0.929. The SMILES string of the molecule is Cc1cc(Br)cc(C)c1NCc1ncnn1C(C)C. The highest BCUT2D eigenvalue weighted by molar-refractivity contribution is 9.10. The zero-order valence-electron chi connectivity index (χ0n) is 11.7. The molecule has 2 aromatic rings. The molecule has 0 spiro atoms. The van der Waals surface area contributed by atoms with Crippen LogP contribution in [0.5, 0.6) is 0 Å². The van der Waals surface area contributed by atoms with Crippen LogP contribution in [0, 0.1) is 13.8 Å². The molecule has 1 N–H and O–H groups in total. The molecule has 0 aliphatic rings. The Morgan fingerprint density at radius 1 is 1.26 bits per heavy atom. The summed E-state index contributed by atoms with van der Waals surface area (Å²) in [5, 5.41) is 7.71. The summed E-state index contributed by atoms with van der Waals surface area (Å²) in [7, 11) is 0. The molecule has 4 nitrogen and oxygen atoms in total. The number of aryl methyl sites for hydroxylation is 2.